The van der Waals surface area contributed by atoms with Gasteiger partial charge in [0.25, 0.3) is 5.56 Å². The fourth-order valence-electron chi connectivity index (χ4n) is 2.67. The molecule has 0 bridgehead atoms. The number of carbonyl (C=O) groups is 1. The van der Waals surface area contributed by atoms with Crippen molar-refractivity contribution in [3.05, 3.63) is 62.0 Å². The van der Waals surface area contributed by atoms with E-state index < -0.39 is 11.5 Å². The molecule has 3 heterocycles. The maximum atomic E-state index is 12.8. The van der Waals surface area contributed by atoms with E-state index in [2.05, 4.69) is 15.4 Å². The summed E-state index contributed by atoms with van der Waals surface area (Å²) in [5, 5.41) is 8.45. The molecule has 28 heavy (non-hydrogen) atoms. The summed E-state index contributed by atoms with van der Waals surface area (Å²) in [6.07, 6.45) is 1.51. The van der Waals surface area contributed by atoms with E-state index in [0.717, 1.165) is 9.69 Å². The molecule has 1 amide bonds. The standard InChI is InChI=1S/C18H12Cl2N4O3S/c1-9-21-16-17(28-9)15(13-3-2-6-27-13)23-24(18(16)26)8-14(25)22-12-7-10(19)4-5-11(12)20/h2-7H,8H2,1H3,(H,22,25). The summed E-state index contributed by atoms with van der Waals surface area (Å²) in [5.41, 5.74) is 0.599. The molecule has 0 aliphatic rings. The van der Waals surface area contributed by atoms with Crippen molar-refractivity contribution in [2.24, 2.45) is 0 Å². The predicted molar refractivity (Wildman–Crippen MR) is 109 cm³/mol. The molecule has 0 unspecified atom stereocenters. The van der Waals surface area contributed by atoms with Crippen molar-refractivity contribution in [3.8, 4) is 11.5 Å². The van der Waals surface area contributed by atoms with Crippen LogP contribution in [0.4, 0.5) is 5.69 Å². The molecule has 4 aromatic rings. The largest absolute Gasteiger partial charge is 0.463 e. The highest BCUT2D eigenvalue weighted by atomic mass is 35.5. The average molecular weight is 435 g/mol. The Kier molecular flexibility index (Phi) is 4.92. The Balaban J connectivity index is 1.72. The second kappa shape index (κ2) is 7.38. The van der Waals surface area contributed by atoms with Gasteiger partial charge in [0.1, 0.15) is 12.2 Å². The molecule has 0 atom stereocenters. The Morgan fingerprint density at radius 2 is 2.14 bits per heavy atom. The van der Waals surface area contributed by atoms with Gasteiger partial charge < -0.3 is 9.73 Å². The van der Waals surface area contributed by atoms with Gasteiger partial charge in [0.05, 0.1) is 26.7 Å². The van der Waals surface area contributed by atoms with Gasteiger partial charge in [0.15, 0.2) is 11.3 Å². The zero-order chi connectivity index (χ0) is 19.8. The summed E-state index contributed by atoms with van der Waals surface area (Å²) in [7, 11) is 0. The summed E-state index contributed by atoms with van der Waals surface area (Å²) in [4.78, 5) is 29.5. The number of anilines is 1. The number of halogens is 2. The number of hydrogen-bond donors (Lipinski definition) is 1. The third kappa shape index (κ3) is 3.54. The van der Waals surface area contributed by atoms with Crippen LogP contribution in [0.2, 0.25) is 10.0 Å². The van der Waals surface area contributed by atoms with E-state index in [1.54, 1.807) is 31.2 Å². The third-order valence-electron chi connectivity index (χ3n) is 3.86. The quantitative estimate of drug-likeness (QED) is 0.514. The Morgan fingerprint density at radius 3 is 2.89 bits per heavy atom. The van der Waals surface area contributed by atoms with Crippen LogP contribution in [0.1, 0.15) is 5.01 Å². The highest BCUT2D eigenvalue weighted by Crippen LogP contribution is 2.29. The summed E-state index contributed by atoms with van der Waals surface area (Å²) in [6, 6.07) is 8.17. The lowest BCUT2D eigenvalue weighted by Gasteiger charge is -2.09. The van der Waals surface area contributed by atoms with E-state index in [9.17, 15) is 9.59 Å². The van der Waals surface area contributed by atoms with Crippen LogP contribution >= 0.6 is 34.5 Å². The average Bonchev–Trinajstić information content (AvgIpc) is 3.30. The number of nitrogens with zero attached hydrogens (tertiary/aromatic N) is 3. The number of carbonyl (C=O) groups excluding carboxylic acids is 1. The monoisotopic (exact) mass is 434 g/mol. The summed E-state index contributed by atoms with van der Waals surface area (Å²) in [6.45, 7) is 1.48. The van der Waals surface area contributed by atoms with Crippen molar-refractivity contribution in [1.29, 1.82) is 0 Å². The van der Waals surface area contributed by atoms with E-state index in [-0.39, 0.29) is 12.1 Å². The van der Waals surface area contributed by atoms with Gasteiger partial charge in [0, 0.05) is 5.02 Å². The minimum Gasteiger partial charge on any atom is -0.463 e. The van der Waals surface area contributed by atoms with E-state index in [4.69, 9.17) is 27.6 Å². The molecule has 7 nitrogen and oxygen atoms in total. The van der Waals surface area contributed by atoms with E-state index in [1.807, 2.05) is 0 Å². The van der Waals surface area contributed by atoms with Crippen LogP contribution in [0.3, 0.4) is 0 Å². The summed E-state index contributed by atoms with van der Waals surface area (Å²) < 4.78 is 7.11. The highest BCUT2D eigenvalue weighted by Gasteiger charge is 2.19. The number of hydrogen-bond acceptors (Lipinski definition) is 6. The number of furan rings is 1. The molecule has 1 aromatic carbocycles. The first-order valence-corrected chi connectivity index (χ1v) is 9.66. The Labute approximate surface area is 172 Å². The second-order valence-corrected chi connectivity index (χ2v) is 7.92. The van der Waals surface area contributed by atoms with Crippen molar-refractivity contribution in [1.82, 2.24) is 14.8 Å². The van der Waals surface area contributed by atoms with Gasteiger partial charge in [-0.1, -0.05) is 23.2 Å². The van der Waals surface area contributed by atoms with Gasteiger partial charge in [-0.2, -0.15) is 5.10 Å². The SMILES string of the molecule is Cc1nc2c(=O)n(CC(=O)Nc3cc(Cl)ccc3Cl)nc(-c3ccco3)c2s1. The lowest BCUT2D eigenvalue weighted by molar-refractivity contribution is -0.117. The second-order valence-electron chi connectivity index (χ2n) is 5.87. The first-order valence-electron chi connectivity index (χ1n) is 8.09. The fraction of sp³-hybridized carbons (Fsp3) is 0.111. The van der Waals surface area contributed by atoms with Crippen LogP contribution in [0.25, 0.3) is 21.7 Å². The molecule has 1 N–H and O–H groups in total. The van der Waals surface area contributed by atoms with Crippen molar-refractivity contribution in [2.75, 3.05) is 5.32 Å². The summed E-state index contributed by atoms with van der Waals surface area (Å²) >= 11 is 13.4. The zero-order valence-corrected chi connectivity index (χ0v) is 16.7. The molecule has 4 rings (SSSR count). The van der Waals surface area contributed by atoms with Crippen LogP contribution in [0.5, 0.6) is 0 Å². The van der Waals surface area contributed by atoms with Crippen molar-refractivity contribution in [3.63, 3.8) is 0 Å². The molecule has 0 radical (unpaired) electrons. The van der Waals surface area contributed by atoms with E-state index in [0.29, 0.717) is 31.9 Å². The first kappa shape index (κ1) is 18.7. The molecule has 0 spiro atoms. The molecule has 0 saturated heterocycles. The molecule has 0 aliphatic carbocycles. The lowest BCUT2D eigenvalue weighted by atomic mass is 10.3. The molecule has 0 fully saturated rings. The van der Waals surface area contributed by atoms with Crippen molar-refractivity contribution < 1.29 is 9.21 Å². The minimum absolute atomic E-state index is 0.248. The maximum absolute atomic E-state index is 12.8. The summed E-state index contributed by atoms with van der Waals surface area (Å²) in [5.74, 6) is 0.0103. The molecule has 3 aromatic heterocycles. The third-order valence-corrected chi connectivity index (χ3v) is 5.40. The van der Waals surface area contributed by atoms with Gasteiger partial charge in [-0.25, -0.2) is 9.67 Å². The van der Waals surface area contributed by atoms with Crippen LogP contribution < -0.4 is 10.9 Å². The highest BCUT2D eigenvalue weighted by molar-refractivity contribution is 7.19. The van der Waals surface area contributed by atoms with Gasteiger partial charge in [-0.3, -0.25) is 9.59 Å². The van der Waals surface area contributed by atoms with Crippen LogP contribution in [-0.2, 0) is 11.3 Å². The first-order chi connectivity index (χ1) is 13.4. The molecular formula is C18H12Cl2N4O3S. The Morgan fingerprint density at radius 1 is 1.32 bits per heavy atom. The number of aromatic nitrogens is 3. The number of fused-ring (bicyclic) bond motifs is 1. The van der Waals surface area contributed by atoms with Crippen molar-refractivity contribution in [2.45, 2.75) is 13.5 Å². The number of amides is 1. The predicted octanol–water partition coefficient (Wildman–Crippen LogP) is 4.37. The van der Waals surface area contributed by atoms with E-state index >= 15 is 0 Å². The van der Waals surface area contributed by atoms with Gasteiger partial charge in [-0.15, -0.1) is 11.3 Å². The number of benzene rings is 1. The normalized spacial score (nSPS) is 11.1. The molecule has 0 aliphatic heterocycles. The maximum Gasteiger partial charge on any atom is 0.294 e. The number of rotatable bonds is 4. The molecule has 0 saturated carbocycles. The van der Waals surface area contributed by atoms with E-state index in [1.165, 1.54) is 23.7 Å². The van der Waals surface area contributed by atoms with Crippen molar-refractivity contribution >= 4 is 56.3 Å². The number of aryl methyl sites for hydroxylation is 1. The van der Waals surface area contributed by atoms with Crippen LogP contribution in [0.15, 0.2) is 45.8 Å². The lowest BCUT2D eigenvalue weighted by Crippen LogP contribution is -2.30. The molecule has 10 heteroatoms. The van der Waals surface area contributed by atoms with Crippen LogP contribution in [-0.4, -0.2) is 20.7 Å². The van der Waals surface area contributed by atoms with Gasteiger partial charge in [-0.05, 0) is 37.3 Å². The number of nitrogens with one attached hydrogen (secondary N) is 1. The van der Waals surface area contributed by atoms with Gasteiger partial charge in [0.2, 0.25) is 5.91 Å². The number of thiazole rings is 1. The smallest absolute Gasteiger partial charge is 0.294 e. The Hall–Kier alpha value is -2.68. The molecule has 142 valence electrons. The Bertz CT molecular complexity index is 1250. The minimum atomic E-state index is -0.476. The van der Waals surface area contributed by atoms with Gasteiger partial charge >= 0.3 is 0 Å². The topological polar surface area (TPSA) is 90.0 Å². The zero-order valence-electron chi connectivity index (χ0n) is 14.4. The molecular weight excluding hydrogens is 423 g/mol. The fourth-order valence-corrected chi connectivity index (χ4v) is 3.90. The van der Waals surface area contributed by atoms with Crippen LogP contribution in [0, 0.1) is 6.92 Å².